The molecule has 0 radical (unpaired) electrons. The Morgan fingerprint density at radius 2 is 2.13 bits per heavy atom. The van der Waals surface area contributed by atoms with Crippen LogP contribution in [0.25, 0.3) is 0 Å². The Bertz CT molecular complexity index is 296. The molecular weight excluding hydrogens is 206 g/mol. The van der Waals surface area contributed by atoms with Crippen LogP contribution >= 0.6 is 11.3 Å². The predicted octanol–water partition coefficient (Wildman–Crippen LogP) is 2.59. The minimum atomic E-state index is 0.605. The molecule has 0 fully saturated rings. The van der Waals surface area contributed by atoms with E-state index < -0.39 is 0 Å². The second kappa shape index (κ2) is 5.47. The lowest BCUT2D eigenvalue weighted by molar-refractivity contribution is 0.222. The van der Waals surface area contributed by atoms with Gasteiger partial charge in [-0.1, -0.05) is 13.8 Å². The van der Waals surface area contributed by atoms with Crippen LogP contribution in [0.5, 0.6) is 0 Å². The molecule has 0 saturated carbocycles. The Morgan fingerprint density at radius 1 is 1.47 bits per heavy atom. The Morgan fingerprint density at radius 3 is 2.60 bits per heavy atom. The van der Waals surface area contributed by atoms with E-state index in [2.05, 4.69) is 37.7 Å². The van der Waals surface area contributed by atoms with Gasteiger partial charge < -0.3 is 5.73 Å². The van der Waals surface area contributed by atoms with Crippen molar-refractivity contribution in [2.24, 2.45) is 5.92 Å². The minimum Gasteiger partial charge on any atom is -0.375 e. The summed E-state index contributed by atoms with van der Waals surface area (Å²) in [6, 6.07) is 0.605. The van der Waals surface area contributed by atoms with Crippen molar-refractivity contribution in [2.45, 2.75) is 39.8 Å². The van der Waals surface area contributed by atoms with E-state index in [0.29, 0.717) is 11.2 Å². The second-order valence-corrected chi connectivity index (χ2v) is 5.71. The maximum atomic E-state index is 5.60. The zero-order chi connectivity index (χ0) is 11.4. The lowest BCUT2D eigenvalue weighted by Gasteiger charge is -2.25. The summed E-state index contributed by atoms with van der Waals surface area (Å²) in [6.07, 6.45) is 3.10. The highest BCUT2D eigenvalue weighted by molar-refractivity contribution is 7.15. The third-order valence-electron chi connectivity index (χ3n) is 2.54. The van der Waals surface area contributed by atoms with Gasteiger partial charge in [-0.15, -0.1) is 11.3 Å². The van der Waals surface area contributed by atoms with Crippen LogP contribution in [0.2, 0.25) is 0 Å². The Hall–Kier alpha value is -0.610. The largest absolute Gasteiger partial charge is 0.375 e. The summed E-state index contributed by atoms with van der Waals surface area (Å²) in [4.78, 5) is 7.65. The van der Waals surface area contributed by atoms with Crippen LogP contribution in [0.4, 0.5) is 5.13 Å². The molecule has 1 aromatic heterocycles. The van der Waals surface area contributed by atoms with Gasteiger partial charge in [0.15, 0.2) is 5.13 Å². The number of aromatic nitrogens is 1. The summed E-state index contributed by atoms with van der Waals surface area (Å²) in [7, 11) is 2.16. The summed E-state index contributed by atoms with van der Waals surface area (Å²) < 4.78 is 0. The van der Waals surface area contributed by atoms with Crippen molar-refractivity contribution < 1.29 is 0 Å². The number of hydrogen-bond donors (Lipinski definition) is 1. The van der Waals surface area contributed by atoms with E-state index in [1.807, 2.05) is 6.20 Å². The van der Waals surface area contributed by atoms with Crippen LogP contribution in [-0.2, 0) is 6.54 Å². The average Bonchev–Trinajstić information content (AvgIpc) is 2.50. The highest BCUT2D eigenvalue weighted by Crippen LogP contribution is 2.18. The van der Waals surface area contributed by atoms with Crippen molar-refractivity contribution in [3.63, 3.8) is 0 Å². The molecule has 0 aliphatic carbocycles. The molecule has 3 nitrogen and oxygen atoms in total. The molecule has 0 amide bonds. The monoisotopic (exact) mass is 227 g/mol. The van der Waals surface area contributed by atoms with Crippen LogP contribution in [0, 0.1) is 5.92 Å². The van der Waals surface area contributed by atoms with Gasteiger partial charge in [0.1, 0.15) is 0 Å². The van der Waals surface area contributed by atoms with Crippen LogP contribution < -0.4 is 5.73 Å². The average molecular weight is 227 g/mol. The highest BCUT2D eigenvalue weighted by atomic mass is 32.1. The highest BCUT2D eigenvalue weighted by Gasteiger charge is 2.12. The summed E-state index contributed by atoms with van der Waals surface area (Å²) in [6.45, 7) is 7.73. The van der Waals surface area contributed by atoms with Crippen molar-refractivity contribution >= 4 is 16.5 Å². The maximum absolute atomic E-state index is 5.60. The van der Waals surface area contributed by atoms with Crippen molar-refractivity contribution in [1.29, 1.82) is 0 Å². The van der Waals surface area contributed by atoms with Crippen molar-refractivity contribution in [3.05, 3.63) is 11.1 Å². The number of nitrogens with two attached hydrogens (primary N) is 1. The van der Waals surface area contributed by atoms with E-state index in [-0.39, 0.29) is 0 Å². The van der Waals surface area contributed by atoms with Gasteiger partial charge in [0, 0.05) is 23.7 Å². The lowest BCUT2D eigenvalue weighted by Crippen LogP contribution is -2.29. The Balaban J connectivity index is 2.44. The smallest absolute Gasteiger partial charge is 0.180 e. The maximum Gasteiger partial charge on any atom is 0.180 e. The molecule has 86 valence electrons. The van der Waals surface area contributed by atoms with Gasteiger partial charge in [0.05, 0.1) is 0 Å². The zero-order valence-electron chi connectivity index (χ0n) is 10.0. The molecule has 1 unspecified atom stereocenters. The first kappa shape index (κ1) is 12.5. The molecule has 15 heavy (non-hydrogen) atoms. The van der Waals surface area contributed by atoms with E-state index in [1.54, 1.807) is 11.3 Å². The molecule has 2 N–H and O–H groups in total. The lowest BCUT2D eigenvalue weighted by atomic mass is 10.0. The summed E-state index contributed by atoms with van der Waals surface area (Å²) in [5.74, 6) is 0.744. The summed E-state index contributed by atoms with van der Waals surface area (Å²) >= 11 is 1.58. The molecule has 0 aliphatic rings. The predicted molar refractivity (Wildman–Crippen MR) is 66.9 cm³/mol. The van der Waals surface area contributed by atoms with Gasteiger partial charge in [-0.05, 0) is 26.3 Å². The second-order valence-electron chi connectivity index (χ2n) is 4.56. The first-order valence-corrected chi connectivity index (χ1v) is 6.21. The van der Waals surface area contributed by atoms with E-state index in [1.165, 1.54) is 11.3 Å². The fourth-order valence-electron chi connectivity index (χ4n) is 1.66. The van der Waals surface area contributed by atoms with E-state index in [9.17, 15) is 0 Å². The van der Waals surface area contributed by atoms with E-state index in [0.717, 1.165) is 12.5 Å². The van der Waals surface area contributed by atoms with Crippen molar-refractivity contribution in [2.75, 3.05) is 12.8 Å². The fraction of sp³-hybridized carbons (Fsp3) is 0.727. The number of nitrogen functional groups attached to an aromatic ring is 1. The van der Waals surface area contributed by atoms with Crippen molar-refractivity contribution in [1.82, 2.24) is 9.88 Å². The van der Waals surface area contributed by atoms with Gasteiger partial charge in [0.2, 0.25) is 0 Å². The van der Waals surface area contributed by atoms with Gasteiger partial charge in [-0.3, -0.25) is 4.90 Å². The minimum absolute atomic E-state index is 0.605. The normalized spacial score (nSPS) is 13.7. The van der Waals surface area contributed by atoms with Crippen LogP contribution in [0.15, 0.2) is 6.20 Å². The first-order chi connectivity index (χ1) is 6.99. The van der Waals surface area contributed by atoms with E-state index >= 15 is 0 Å². The zero-order valence-corrected chi connectivity index (χ0v) is 10.8. The van der Waals surface area contributed by atoms with E-state index in [4.69, 9.17) is 5.73 Å². The molecule has 0 aromatic carbocycles. The first-order valence-electron chi connectivity index (χ1n) is 5.39. The summed E-state index contributed by atoms with van der Waals surface area (Å²) in [5.41, 5.74) is 5.60. The number of nitrogens with zero attached hydrogens (tertiary/aromatic N) is 2. The van der Waals surface area contributed by atoms with Crippen molar-refractivity contribution in [3.8, 4) is 0 Å². The standard InChI is InChI=1S/C11H21N3S/c1-8(2)5-9(3)14(4)7-10-6-13-11(12)15-10/h6,8-9H,5,7H2,1-4H3,(H2,12,13). The Labute approximate surface area is 96.3 Å². The molecule has 0 aliphatic heterocycles. The molecule has 0 bridgehead atoms. The topological polar surface area (TPSA) is 42.2 Å². The third kappa shape index (κ3) is 4.18. The quantitative estimate of drug-likeness (QED) is 0.840. The molecule has 0 spiro atoms. The fourth-order valence-corrected chi connectivity index (χ4v) is 2.41. The number of hydrogen-bond acceptors (Lipinski definition) is 4. The van der Waals surface area contributed by atoms with Crippen LogP contribution in [0.3, 0.4) is 0 Å². The number of anilines is 1. The van der Waals surface area contributed by atoms with Gasteiger partial charge in [0.25, 0.3) is 0 Å². The molecule has 1 aromatic rings. The van der Waals surface area contributed by atoms with Gasteiger partial charge in [-0.25, -0.2) is 4.98 Å². The molecule has 4 heteroatoms. The molecule has 1 atom stereocenters. The molecule has 0 saturated heterocycles. The van der Waals surface area contributed by atoms with Gasteiger partial charge in [-0.2, -0.15) is 0 Å². The Kier molecular flexibility index (Phi) is 4.54. The summed E-state index contributed by atoms with van der Waals surface area (Å²) in [5, 5.41) is 0.662. The third-order valence-corrected chi connectivity index (χ3v) is 3.35. The molecule has 1 heterocycles. The SMILES string of the molecule is CC(C)CC(C)N(C)Cc1cnc(N)s1. The number of rotatable bonds is 5. The van der Waals surface area contributed by atoms with Gasteiger partial charge >= 0.3 is 0 Å². The molecule has 1 rings (SSSR count). The van der Waals surface area contributed by atoms with Crippen LogP contribution in [0.1, 0.15) is 32.1 Å². The van der Waals surface area contributed by atoms with Crippen LogP contribution in [-0.4, -0.2) is 23.0 Å². The molecular formula is C11H21N3S. The number of thiazole rings is 1.